The highest BCUT2D eigenvalue weighted by Crippen LogP contribution is 2.22. The summed E-state index contributed by atoms with van der Waals surface area (Å²) < 4.78 is 10.9. The maximum absolute atomic E-state index is 12.3. The fourth-order valence-corrected chi connectivity index (χ4v) is 2.44. The third-order valence-corrected chi connectivity index (χ3v) is 3.76. The number of para-hydroxylation sites is 1. The van der Waals surface area contributed by atoms with Crippen molar-refractivity contribution in [3.05, 3.63) is 54.6 Å². The first-order valence-electron chi connectivity index (χ1n) is 7.91. The lowest BCUT2D eigenvalue weighted by molar-refractivity contribution is -0.133. The van der Waals surface area contributed by atoms with Crippen LogP contribution in [0.5, 0.6) is 11.5 Å². The number of hydrogen-bond donors (Lipinski definition) is 2. The number of nitrogens with zero attached hydrogens (tertiary/aromatic N) is 1. The van der Waals surface area contributed by atoms with Crippen molar-refractivity contribution in [2.75, 3.05) is 25.0 Å². The molecule has 130 valence electrons. The molecule has 1 aliphatic heterocycles. The molecular weight excluding hydrogens is 322 g/mol. The summed E-state index contributed by atoms with van der Waals surface area (Å²) in [5, 5.41) is 2.79. The normalized spacial score (nSPS) is 17.0. The van der Waals surface area contributed by atoms with Crippen molar-refractivity contribution < 1.29 is 19.1 Å². The lowest BCUT2D eigenvalue weighted by Crippen LogP contribution is -2.51. The molecule has 0 saturated carbocycles. The predicted octanol–water partition coefficient (Wildman–Crippen LogP) is 2.20. The van der Waals surface area contributed by atoms with Crippen molar-refractivity contribution in [1.29, 1.82) is 0 Å². The van der Waals surface area contributed by atoms with Crippen molar-refractivity contribution >= 4 is 17.6 Å². The van der Waals surface area contributed by atoms with Gasteiger partial charge in [0.1, 0.15) is 11.5 Å². The maximum atomic E-state index is 12.3. The van der Waals surface area contributed by atoms with Crippen LogP contribution in [0, 0.1) is 0 Å². The van der Waals surface area contributed by atoms with E-state index in [1.54, 1.807) is 24.3 Å². The summed E-state index contributed by atoms with van der Waals surface area (Å²) in [4.78, 5) is 25.0. The first-order chi connectivity index (χ1) is 12.1. The Morgan fingerprint density at radius 1 is 1.08 bits per heavy atom. The van der Waals surface area contributed by atoms with Crippen LogP contribution >= 0.6 is 0 Å². The largest absolute Gasteiger partial charge is 0.457 e. The van der Waals surface area contributed by atoms with Crippen LogP contribution in [-0.2, 0) is 9.53 Å². The molecule has 25 heavy (non-hydrogen) atoms. The van der Waals surface area contributed by atoms with Crippen molar-refractivity contribution in [2.24, 2.45) is 5.73 Å². The zero-order chi connectivity index (χ0) is 17.6. The van der Waals surface area contributed by atoms with Crippen LogP contribution in [-0.4, -0.2) is 42.6 Å². The Balaban J connectivity index is 1.57. The van der Waals surface area contributed by atoms with Crippen molar-refractivity contribution in [2.45, 2.75) is 6.10 Å². The molecule has 2 aromatic carbocycles. The Kier molecular flexibility index (Phi) is 5.15. The van der Waals surface area contributed by atoms with Gasteiger partial charge in [0.2, 0.25) is 5.91 Å². The minimum Gasteiger partial charge on any atom is -0.457 e. The van der Waals surface area contributed by atoms with Crippen LogP contribution in [0.2, 0.25) is 0 Å². The van der Waals surface area contributed by atoms with E-state index in [-0.39, 0.29) is 19.2 Å². The number of benzene rings is 2. The van der Waals surface area contributed by atoms with E-state index in [4.69, 9.17) is 15.2 Å². The fraction of sp³-hybridized carbons (Fsp3) is 0.222. The molecule has 0 unspecified atom stereocenters. The Hall–Kier alpha value is -3.06. The molecule has 2 aromatic rings. The van der Waals surface area contributed by atoms with E-state index >= 15 is 0 Å². The molecule has 1 aliphatic rings. The first kappa shape index (κ1) is 16.8. The molecule has 3 amide bonds. The zero-order valence-corrected chi connectivity index (χ0v) is 13.6. The van der Waals surface area contributed by atoms with Gasteiger partial charge in [-0.05, 0) is 36.4 Å². The number of carbonyl (C=O) groups excluding carboxylic acids is 2. The summed E-state index contributed by atoms with van der Waals surface area (Å²) in [6.07, 6.45) is -0.763. The summed E-state index contributed by atoms with van der Waals surface area (Å²) in [7, 11) is 0. The average molecular weight is 341 g/mol. The van der Waals surface area contributed by atoms with Gasteiger partial charge in [-0.1, -0.05) is 18.2 Å². The lowest BCUT2D eigenvalue weighted by atomic mass is 10.2. The predicted molar refractivity (Wildman–Crippen MR) is 92.5 cm³/mol. The van der Waals surface area contributed by atoms with Gasteiger partial charge in [0, 0.05) is 12.2 Å². The number of hydrogen-bond acceptors (Lipinski definition) is 4. The second-order valence-corrected chi connectivity index (χ2v) is 5.58. The Morgan fingerprint density at radius 3 is 2.44 bits per heavy atom. The summed E-state index contributed by atoms with van der Waals surface area (Å²) in [6.45, 7) is 0.839. The molecule has 0 radical (unpaired) electrons. The number of nitrogens with two attached hydrogens (primary N) is 1. The highest BCUT2D eigenvalue weighted by atomic mass is 16.5. The molecule has 1 atom stereocenters. The molecule has 1 saturated heterocycles. The number of rotatable bonds is 4. The van der Waals surface area contributed by atoms with E-state index in [9.17, 15) is 9.59 Å². The van der Waals surface area contributed by atoms with E-state index in [1.165, 1.54) is 4.90 Å². The molecular formula is C18H19N3O4. The van der Waals surface area contributed by atoms with Gasteiger partial charge in [-0.2, -0.15) is 0 Å². The van der Waals surface area contributed by atoms with Gasteiger partial charge in [0.25, 0.3) is 0 Å². The van der Waals surface area contributed by atoms with Crippen LogP contribution in [0.3, 0.4) is 0 Å². The second-order valence-electron chi connectivity index (χ2n) is 5.58. The molecule has 0 spiro atoms. The second kappa shape index (κ2) is 7.67. The van der Waals surface area contributed by atoms with Crippen molar-refractivity contribution in [3.63, 3.8) is 0 Å². The Morgan fingerprint density at radius 2 is 1.76 bits per heavy atom. The highest BCUT2D eigenvalue weighted by Gasteiger charge is 2.27. The maximum Gasteiger partial charge on any atom is 0.322 e. The summed E-state index contributed by atoms with van der Waals surface area (Å²) in [5.41, 5.74) is 5.86. The van der Waals surface area contributed by atoms with Crippen LogP contribution in [0.4, 0.5) is 10.5 Å². The molecule has 0 bridgehead atoms. The number of ether oxygens (including phenoxy) is 2. The van der Waals surface area contributed by atoms with Crippen molar-refractivity contribution in [1.82, 2.24) is 4.90 Å². The number of amides is 3. The van der Waals surface area contributed by atoms with Gasteiger partial charge in [0.15, 0.2) is 6.10 Å². The van der Waals surface area contributed by atoms with Crippen molar-refractivity contribution in [3.8, 4) is 11.5 Å². The zero-order valence-electron chi connectivity index (χ0n) is 13.6. The Labute approximate surface area is 145 Å². The molecule has 0 aliphatic carbocycles. The minimum absolute atomic E-state index is 0.149. The van der Waals surface area contributed by atoms with Gasteiger partial charge in [-0.3, -0.25) is 4.79 Å². The molecule has 7 heteroatoms. The first-order valence-corrected chi connectivity index (χ1v) is 7.91. The Bertz CT molecular complexity index is 734. The third-order valence-electron chi connectivity index (χ3n) is 3.76. The van der Waals surface area contributed by atoms with E-state index in [2.05, 4.69) is 5.32 Å². The minimum atomic E-state index is -0.763. The lowest BCUT2D eigenvalue weighted by Gasteiger charge is -2.31. The van der Waals surface area contributed by atoms with E-state index in [0.29, 0.717) is 18.0 Å². The fourth-order valence-electron chi connectivity index (χ4n) is 2.44. The number of morpholine rings is 1. The van der Waals surface area contributed by atoms with Gasteiger partial charge >= 0.3 is 6.03 Å². The summed E-state index contributed by atoms with van der Waals surface area (Å²) in [5.74, 6) is 0.842. The quantitative estimate of drug-likeness (QED) is 0.891. The molecule has 3 rings (SSSR count). The highest BCUT2D eigenvalue weighted by molar-refractivity contribution is 5.90. The van der Waals surface area contributed by atoms with Crippen LogP contribution in [0.25, 0.3) is 0 Å². The molecule has 7 nitrogen and oxygen atoms in total. The van der Waals surface area contributed by atoms with Gasteiger partial charge in [0.05, 0.1) is 13.2 Å². The van der Waals surface area contributed by atoms with Gasteiger partial charge in [-0.15, -0.1) is 0 Å². The van der Waals surface area contributed by atoms with Crippen LogP contribution in [0.1, 0.15) is 0 Å². The average Bonchev–Trinajstić information content (AvgIpc) is 2.64. The van der Waals surface area contributed by atoms with E-state index in [0.717, 1.165) is 5.75 Å². The van der Waals surface area contributed by atoms with E-state index < -0.39 is 12.0 Å². The summed E-state index contributed by atoms with van der Waals surface area (Å²) in [6, 6.07) is 16.2. The standard InChI is InChI=1S/C18H19N3O4/c19-17(22)16-12-21(10-11-24-16)18(23)20-13-6-8-15(9-7-13)25-14-4-2-1-3-5-14/h1-9,16H,10-12H2,(H2,19,22)(H,20,23)/t16-/m1/s1. The van der Waals surface area contributed by atoms with Gasteiger partial charge < -0.3 is 25.4 Å². The number of anilines is 1. The number of urea groups is 1. The molecule has 1 fully saturated rings. The topological polar surface area (TPSA) is 93.9 Å². The third kappa shape index (κ3) is 4.48. The van der Waals surface area contributed by atoms with E-state index in [1.807, 2.05) is 30.3 Å². The molecule has 3 N–H and O–H groups in total. The van der Waals surface area contributed by atoms with Crippen LogP contribution in [0.15, 0.2) is 54.6 Å². The summed E-state index contributed by atoms with van der Waals surface area (Å²) >= 11 is 0. The number of primary amides is 1. The number of nitrogens with one attached hydrogen (secondary N) is 1. The molecule has 1 heterocycles. The number of carbonyl (C=O) groups is 2. The molecule has 0 aromatic heterocycles. The van der Waals surface area contributed by atoms with Gasteiger partial charge in [-0.25, -0.2) is 4.79 Å². The monoisotopic (exact) mass is 341 g/mol. The van der Waals surface area contributed by atoms with Crippen LogP contribution < -0.4 is 15.8 Å². The SMILES string of the molecule is NC(=O)[C@H]1CN(C(=O)Nc2ccc(Oc3ccccc3)cc2)CCO1. The smallest absolute Gasteiger partial charge is 0.322 e.